The lowest BCUT2D eigenvalue weighted by Crippen LogP contribution is -2.42. The molecule has 0 amide bonds. The lowest BCUT2D eigenvalue weighted by molar-refractivity contribution is 0.149. The van der Waals surface area contributed by atoms with Gasteiger partial charge in [-0.3, -0.25) is 4.90 Å². The van der Waals surface area contributed by atoms with Gasteiger partial charge in [0, 0.05) is 12.1 Å². The lowest BCUT2D eigenvalue weighted by Gasteiger charge is -2.34. The average molecular weight is 205 g/mol. The highest BCUT2D eigenvalue weighted by Gasteiger charge is 2.26. The zero-order valence-electron chi connectivity index (χ0n) is 8.71. The Morgan fingerprint density at radius 1 is 1.08 bits per heavy atom. The second-order valence-electron chi connectivity index (χ2n) is 4.66. The molecule has 1 aliphatic heterocycles. The molecule has 0 spiro atoms. The summed E-state index contributed by atoms with van der Waals surface area (Å²) < 4.78 is 22.6. The third-order valence-electron chi connectivity index (χ3n) is 2.50. The van der Waals surface area contributed by atoms with Gasteiger partial charge in [0.2, 0.25) is 0 Å². The van der Waals surface area contributed by atoms with Crippen molar-refractivity contribution in [3.63, 3.8) is 0 Å². The van der Waals surface area contributed by atoms with E-state index in [1.165, 1.54) is 0 Å². The summed E-state index contributed by atoms with van der Waals surface area (Å²) in [5.41, 5.74) is 0.0971. The second kappa shape index (κ2) is 3.58. The molecule has 0 aromatic heterocycles. The van der Waals surface area contributed by atoms with Gasteiger partial charge < -0.3 is 0 Å². The fourth-order valence-electron chi connectivity index (χ4n) is 1.61. The largest absolute Gasteiger partial charge is 0.297 e. The zero-order chi connectivity index (χ0) is 10.1. The van der Waals surface area contributed by atoms with Crippen LogP contribution in [0.3, 0.4) is 0 Å². The molecule has 3 nitrogen and oxygen atoms in total. The van der Waals surface area contributed by atoms with E-state index in [9.17, 15) is 8.42 Å². The van der Waals surface area contributed by atoms with Crippen molar-refractivity contribution in [1.29, 1.82) is 0 Å². The quantitative estimate of drug-likeness (QED) is 0.590. The van der Waals surface area contributed by atoms with E-state index in [1.54, 1.807) is 0 Å². The van der Waals surface area contributed by atoms with E-state index in [-0.39, 0.29) is 5.54 Å². The first-order valence-electron chi connectivity index (χ1n) is 4.77. The van der Waals surface area contributed by atoms with Gasteiger partial charge in [-0.1, -0.05) is 0 Å². The van der Waals surface area contributed by atoms with Crippen molar-refractivity contribution in [3.05, 3.63) is 0 Å². The second-order valence-corrected chi connectivity index (χ2v) is 6.97. The van der Waals surface area contributed by atoms with Gasteiger partial charge in [-0.2, -0.15) is 0 Å². The average Bonchev–Trinajstić information content (AvgIpc) is 2.08. The van der Waals surface area contributed by atoms with E-state index in [1.807, 2.05) is 0 Å². The van der Waals surface area contributed by atoms with E-state index in [2.05, 4.69) is 25.7 Å². The third kappa shape index (κ3) is 3.27. The van der Waals surface area contributed by atoms with E-state index < -0.39 is 9.84 Å². The molecule has 4 heteroatoms. The van der Waals surface area contributed by atoms with Crippen LogP contribution >= 0.6 is 0 Å². The Kier molecular flexibility index (Phi) is 3.02. The standard InChI is InChI=1S/C9H19NO2S/c1-9(2,3)10-5-4-7-13(11,12)8-6-10/h4-8H2,1-3H3. The first-order valence-corrected chi connectivity index (χ1v) is 6.59. The molecule has 1 heterocycles. The Hall–Kier alpha value is -0.0900. The molecule has 0 aliphatic carbocycles. The summed E-state index contributed by atoms with van der Waals surface area (Å²) in [5, 5.41) is 0. The summed E-state index contributed by atoms with van der Waals surface area (Å²) >= 11 is 0. The predicted octanol–water partition coefficient (Wildman–Crippen LogP) is 0.905. The van der Waals surface area contributed by atoms with Gasteiger partial charge in [-0.25, -0.2) is 8.42 Å². The van der Waals surface area contributed by atoms with Gasteiger partial charge in [0.15, 0.2) is 9.84 Å². The molecule has 78 valence electrons. The Morgan fingerprint density at radius 2 is 1.69 bits per heavy atom. The summed E-state index contributed by atoms with van der Waals surface area (Å²) in [4.78, 5) is 2.25. The van der Waals surface area contributed by atoms with E-state index in [4.69, 9.17) is 0 Å². The van der Waals surface area contributed by atoms with Crippen LogP contribution in [0, 0.1) is 0 Å². The highest BCUT2D eigenvalue weighted by atomic mass is 32.2. The minimum Gasteiger partial charge on any atom is -0.297 e. The maximum Gasteiger partial charge on any atom is 0.151 e. The monoisotopic (exact) mass is 205 g/mol. The molecule has 0 unspecified atom stereocenters. The zero-order valence-corrected chi connectivity index (χ0v) is 9.52. The minimum absolute atomic E-state index is 0.0971. The van der Waals surface area contributed by atoms with Crippen molar-refractivity contribution in [3.8, 4) is 0 Å². The molecule has 1 aliphatic rings. The minimum atomic E-state index is -2.75. The maximum absolute atomic E-state index is 11.3. The summed E-state index contributed by atoms with van der Waals surface area (Å²) in [6.07, 6.45) is 0.777. The molecule has 0 N–H and O–H groups in total. The third-order valence-corrected chi connectivity index (χ3v) is 4.22. The first kappa shape index (κ1) is 11.0. The van der Waals surface area contributed by atoms with E-state index in [0.29, 0.717) is 18.1 Å². The molecule has 0 radical (unpaired) electrons. The van der Waals surface area contributed by atoms with Crippen LogP contribution in [-0.2, 0) is 9.84 Å². The Morgan fingerprint density at radius 3 is 2.23 bits per heavy atom. The van der Waals surface area contributed by atoms with Gasteiger partial charge in [0.05, 0.1) is 11.5 Å². The molecule has 1 fully saturated rings. The molecule has 1 saturated heterocycles. The number of rotatable bonds is 0. The normalized spacial score (nSPS) is 25.5. The maximum atomic E-state index is 11.3. The van der Waals surface area contributed by atoms with Crippen LogP contribution in [-0.4, -0.2) is 43.5 Å². The van der Waals surface area contributed by atoms with Crippen LogP contribution in [0.2, 0.25) is 0 Å². The van der Waals surface area contributed by atoms with Crippen LogP contribution in [0.5, 0.6) is 0 Å². The topological polar surface area (TPSA) is 37.4 Å². The van der Waals surface area contributed by atoms with Crippen LogP contribution in [0.1, 0.15) is 27.2 Å². The van der Waals surface area contributed by atoms with Crippen LogP contribution in [0.4, 0.5) is 0 Å². The molecule has 0 atom stereocenters. The molecule has 1 rings (SSSR count). The highest BCUT2D eigenvalue weighted by molar-refractivity contribution is 7.91. The van der Waals surface area contributed by atoms with Gasteiger partial charge in [0.25, 0.3) is 0 Å². The van der Waals surface area contributed by atoms with Crippen LogP contribution in [0.25, 0.3) is 0 Å². The molecule has 13 heavy (non-hydrogen) atoms. The van der Waals surface area contributed by atoms with Crippen molar-refractivity contribution in [2.24, 2.45) is 0 Å². The van der Waals surface area contributed by atoms with Crippen molar-refractivity contribution in [2.45, 2.75) is 32.7 Å². The van der Waals surface area contributed by atoms with Crippen molar-refractivity contribution in [1.82, 2.24) is 4.90 Å². The Bertz CT molecular complexity index is 264. The fourth-order valence-corrected chi connectivity index (χ4v) is 2.88. The van der Waals surface area contributed by atoms with Crippen LogP contribution < -0.4 is 0 Å². The van der Waals surface area contributed by atoms with Crippen molar-refractivity contribution < 1.29 is 8.42 Å². The Labute approximate surface area is 81.0 Å². The molecular weight excluding hydrogens is 186 g/mol. The molecule has 0 bridgehead atoms. The summed E-state index contributed by atoms with van der Waals surface area (Å²) in [5.74, 6) is 0.684. The molecule has 0 aromatic rings. The summed E-state index contributed by atoms with van der Waals surface area (Å²) in [7, 11) is -2.75. The van der Waals surface area contributed by atoms with E-state index >= 15 is 0 Å². The van der Waals surface area contributed by atoms with Crippen molar-refractivity contribution >= 4 is 9.84 Å². The van der Waals surface area contributed by atoms with Gasteiger partial charge in [0.1, 0.15) is 0 Å². The van der Waals surface area contributed by atoms with E-state index in [0.717, 1.165) is 13.0 Å². The van der Waals surface area contributed by atoms with Gasteiger partial charge >= 0.3 is 0 Å². The summed E-state index contributed by atoms with van der Waals surface area (Å²) in [6.45, 7) is 7.98. The fraction of sp³-hybridized carbons (Fsp3) is 1.00. The highest BCUT2D eigenvalue weighted by Crippen LogP contribution is 2.16. The molecule has 0 aromatic carbocycles. The number of hydrogen-bond acceptors (Lipinski definition) is 3. The molecule has 0 saturated carbocycles. The van der Waals surface area contributed by atoms with Crippen molar-refractivity contribution in [2.75, 3.05) is 24.6 Å². The summed E-state index contributed by atoms with van der Waals surface area (Å²) in [6, 6.07) is 0. The number of nitrogens with zero attached hydrogens (tertiary/aromatic N) is 1. The van der Waals surface area contributed by atoms with Crippen LogP contribution in [0.15, 0.2) is 0 Å². The Balaban J connectivity index is 2.66. The van der Waals surface area contributed by atoms with Gasteiger partial charge in [-0.15, -0.1) is 0 Å². The number of sulfone groups is 1. The SMILES string of the molecule is CC(C)(C)N1CCCS(=O)(=O)CC1. The lowest BCUT2D eigenvalue weighted by atomic mass is 10.1. The first-order chi connectivity index (χ1) is 5.81. The predicted molar refractivity (Wildman–Crippen MR) is 54.6 cm³/mol. The van der Waals surface area contributed by atoms with Gasteiger partial charge in [-0.05, 0) is 33.7 Å². The smallest absolute Gasteiger partial charge is 0.151 e. The molecular formula is C9H19NO2S. The number of hydrogen-bond donors (Lipinski definition) is 0.